The SMILES string of the molecule is Cc1ncnc([C@H]2CCCN2C(=O)Nc2c(C)noc2C)c1Cc1ccc(Cl)cc1. The molecule has 1 aromatic carbocycles. The normalized spacial score (nSPS) is 16.1. The summed E-state index contributed by atoms with van der Waals surface area (Å²) in [5.41, 5.74) is 5.31. The van der Waals surface area contributed by atoms with Crippen LogP contribution >= 0.6 is 11.6 Å². The highest BCUT2D eigenvalue weighted by Crippen LogP contribution is 2.35. The maximum atomic E-state index is 13.1. The quantitative estimate of drug-likeness (QED) is 0.635. The third-order valence-electron chi connectivity index (χ3n) is 5.58. The molecule has 2 aromatic heterocycles. The van der Waals surface area contributed by atoms with Crippen molar-refractivity contribution in [1.82, 2.24) is 20.0 Å². The molecule has 156 valence electrons. The molecule has 0 bridgehead atoms. The van der Waals surface area contributed by atoms with Crippen LogP contribution in [0, 0.1) is 20.8 Å². The Kier molecular flexibility index (Phi) is 5.72. The average molecular weight is 426 g/mol. The van der Waals surface area contributed by atoms with E-state index in [1.54, 1.807) is 13.3 Å². The molecule has 3 aromatic rings. The number of carbonyl (C=O) groups excluding carboxylic acids is 1. The first-order chi connectivity index (χ1) is 14.4. The van der Waals surface area contributed by atoms with Crippen molar-refractivity contribution in [2.24, 2.45) is 0 Å². The first-order valence-corrected chi connectivity index (χ1v) is 10.4. The number of amides is 2. The molecule has 3 heterocycles. The Hall–Kier alpha value is -2.93. The van der Waals surface area contributed by atoms with Crippen molar-refractivity contribution in [3.05, 3.63) is 69.6 Å². The number of likely N-dealkylation sites (tertiary alicyclic amines) is 1. The number of rotatable bonds is 4. The number of nitrogens with zero attached hydrogens (tertiary/aromatic N) is 4. The molecule has 2 amide bonds. The highest BCUT2D eigenvalue weighted by molar-refractivity contribution is 6.30. The van der Waals surface area contributed by atoms with Gasteiger partial charge >= 0.3 is 6.03 Å². The van der Waals surface area contributed by atoms with E-state index in [4.69, 9.17) is 16.1 Å². The second-order valence-electron chi connectivity index (χ2n) is 7.61. The first kappa shape index (κ1) is 20.3. The third kappa shape index (κ3) is 4.03. The second-order valence-corrected chi connectivity index (χ2v) is 8.04. The molecule has 1 saturated heterocycles. The number of aryl methyl sites for hydroxylation is 3. The summed E-state index contributed by atoms with van der Waals surface area (Å²) in [6, 6.07) is 7.52. The lowest BCUT2D eigenvalue weighted by atomic mass is 9.97. The predicted molar refractivity (Wildman–Crippen MR) is 115 cm³/mol. The van der Waals surface area contributed by atoms with E-state index in [1.165, 1.54) is 0 Å². The lowest BCUT2D eigenvalue weighted by Crippen LogP contribution is -2.35. The fourth-order valence-corrected chi connectivity index (χ4v) is 4.09. The molecule has 0 radical (unpaired) electrons. The minimum Gasteiger partial charge on any atom is -0.359 e. The number of aromatic nitrogens is 3. The van der Waals surface area contributed by atoms with Crippen LogP contribution in [0.25, 0.3) is 0 Å². The molecule has 4 rings (SSSR count). The van der Waals surface area contributed by atoms with Crippen molar-refractivity contribution in [3.63, 3.8) is 0 Å². The molecule has 0 spiro atoms. The zero-order chi connectivity index (χ0) is 21.3. The van der Waals surface area contributed by atoms with Gasteiger partial charge in [-0.1, -0.05) is 28.9 Å². The number of carbonyl (C=O) groups is 1. The Morgan fingerprint density at radius 3 is 2.67 bits per heavy atom. The van der Waals surface area contributed by atoms with Gasteiger partial charge in [0, 0.05) is 29.2 Å². The monoisotopic (exact) mass is 425 g/mol. The van der Waals surface area contributed by atoms with Gasteiger partial charge in [0.1, 0.15) is 17.7 Å². The number of benzene rings is 1. The minimum atomic E-state index is -0.166. The Balaban J connectivity index is 1.61. The van der Waals surface area contributed by atoms with Gasteiger partial charge in [-0.3, -0.25) is 0 Å². The van der Waals surface area contributed by atoms with E-state index in [0.29, 0.717) is 35.1 Å². The maximum absolute atomic E-state index is 13.1. The molecule has 30 heavy (non-hydrogen) atoms. The number of anilines is 1. The van der Waals surface area contributed by atoms with Crippen LogP contribution in [0.4, 0.5) is 10.5 Å². The summed E-state index contributed by atoms with van der Waals surface area (Å²) in [5.74, 6) is 0.595. The number of nitrogens with one attached hydrogen (secondary N) is 1. The van der Waals surface area contributed by atoms with Crippen LogP contribution in [0.15, 0.2) is 35.1 Å². The van der Waals surface area contributed by atoms with Gasteiger partial charge in [0.25, 0.3) is 0 Å². The van der Waals surface area contributed by atoms with Crippen LogP contribution in [0.1, 0.15) is 52.9 Å². The predicted octanol–water partition coefficient (Wildman–Crippen LogP) is 5.00. The molecular formula is C22H24ClN5O2. The summed E-state index contributed by atoms with van der Waals surface area (Å²) >= 11 is 6.03. The zero-order valence-corrected chi connectivity index (χ0v) is 18.0. The van der Waals surface area contributed by atoms with Crippen LogP contribution in [-0.2, 0) is 6.42 Å². The largest absolute Gasteiger partial charge is 0.359 e. The van der Waals surface area contributed by atoms with E-state index in [-0.39, 0.29) is 12.1 Å². The number of urea groups is 1. The van der Waals surface area contributed by atoms with Gasteiger partial charge in [0.2, 0.25) is 0 Å². The summed E-state index contributed by atoms with van der Waals surface area (Å²) in [4.78, 5) is 23.9. The zero-order valence-electron chi connectivity index (χ0n) is 17.3. The van der Waals surface area contributed by atoms with E-state index in [9.17, 15) is 4.79 Å². The van der Waals surface area contributed by atoms with E-state index >= 15 is 0 Å². The van der Waals surface area contributed by atoms with Crippen molar-refractivity contribution in [3.8, 4) is 0 Å². The summed E-state index contributed by atoms with van der Waals surface area (Å²) in [7, 11) is 0. The first-order valence-electron chi connectivity index (χ1n) is 9.99. The van der Waals surface area contributed by atoms with E-state index < -0.39 is 0 Å². The molecule has 0 aliphatic carbocycles. The standard InChI is InChI=1S/C22H24ClN5O2/c1-13-18(11-16-6-8-17(23)9-7-16)21(25-12-24-13)19-5-4-10-28(19)22(29)26-20-14(2)27-30-15(20)3/h6-9,12,19H,4-5,10-11H2,1-3H3,(H,26,29)/t19-/m1/s1. The molecule has 1 atom stereocenters. The molecule has 0 unspecified atom stereocenters. The number of hydrogen-bond donors (Lipinski definition) is 1. The van der Waals surface area contributed by atoms with E-state index in [2.05, 4.69) is 20.4 Å². The van der Waals surface area contributed by atoms with Crippen molar-refractivity contribution in [2.45, 2.75) is 46.1 Å². The van der Waals surface area contributed by atoms with Crippen LogP contribution in [0.2, 0.25) is 5.02 Å². The van der Waals surface area contributed by atoms with Crippen LogP contribution < -0.4 is 5.32 Å². The van der Waals surface area contributed by atoms with Gasteiger partial charge in [-0.15, -0.1) is 0 Å². The van der Waals surface area contributed by atoms with E-state index in [0.717, 1.165) is 35.4 Å². The summed E-state index contributed by atoms with van der Waals surface area (Å²) in [6.45, 7) is 6.25. The Bertz CT molecular complexity index is 1040. The summed E-state index contributed by atoms with van der Waals surface area (Å²) < 4.78 is 5.17. The molecule has 8 heteroatoms. The van der Waals surface area contributed by atoms with Crippen molar-refractivity contribution >= 4 is 23.3 Å². The second kappa shape index (κ2) is 8.44. The van der Waals surface area contributed by atoms with Crippen LogP contribution in [0.5, 0.6) is 0 Å². The van der Waals surface area contributed by atoms with Crippen LogP contribution in [0.3, 0.4) is 0 Å². The Labute approximate surface area is 180 Å². The molecule has 1 fully saturated rings. The molecular weight excluding hydrogens is 402 g/mol. The number of halogens is 1. The maximum Gasteiger partial charge on any atom is 0.322 e. The van der Waals surface area contributed by atoms with Crippen LogP contribution in [-0.4, -0.2) is 32.6 Å². The Morgan fingerprint density at radius 1 is 1.20 bits per heavy atom. The minimum absolute atomic E-state index is 0.102. The third-order valence-corrected chi connectivity index (χ3v) is 5.83. The van der Waals surface area contributed by atoms with Gasteiger partial charge < -0.3 is 14.7 Å². The van der Waals surface area contributed by atoms with Gasteiger partial charge in [-0.2, -0.15) is 0 Å². The van der Waals surface area contributed by atoms with Crippen molar-refractivity contribution < 1.29 is 9.32 Å². The topological polar surface area (TPSA) is 84.2 Å². The average Bonchev–Trinajstić information content (AvgIpc) is 3.33. The van der Waals surface area contributed by atoms with Crippen molar-refractivity contribution in [2.75, 3.05) is 11.9 Å². The van der Waals surface area contributed by atoms with Gasteiger partial charge in [-0.05, 0) is 51.3 Å². The highest BCUT2D eigenvalue weighted by atomic mass is 35.5. The Morgan fingerprint density at radius 2 is 1.97 bits per heavy atom. The highest BCUT2D eigenvalue weighted by Gasteiger charge is 2.33. The lowest BCUT2D eigenvalue weighted by Gasteiger charge is -2.26. The summed E-state index contributed by atoms with van der Waals surface area (Å²) in [5, 5.41) is 7.58. The summed E-state index contributed by atoms with van der Waals surface area (Å²) in [6.07, 6.45) is 4.05. The fourth-order valence-electron chi connectivity index (χ4n) is 3.97. The molecule has 1 aliphatic rings. The molecule has 7 nitrogen and oxygen atoms in total. The van der Waals surface area contributed by atoms with E-state index in [1.807, 2.05) is 43.0 Å². The molecule has 1 N–H and O–H groups in total. The smallest absolute Gasteiger partial charge is 0.322 e. The number of hydrogen-bond acceptors (Lipinski definition) is 5. The van der Waals surface area contributed by atoms with Gasteiger partial charge in [0.05, 0.1) is 11.7 Å². The van der Waals surface area contributed by atoms with Crippen molar-refractivity contribution in [1.29, 1.82) is 0 Å². The van der Waals surface area contributed by atoms with Gasteiger partial charge in [-0.25, -0.2) is 14.8 Å². The van der Waals surface area contributed by atoms with Gasteiger partial charge in [0.15, 0.2) is 5.76 Å². The molecule has 1 aliphatic heterocycles. The molecule has 0 saturated carbocycles. The lowest BCUT2D eigenvalue weighted by molar-refractivity contribution is 0.205. The fraction of sp³-hybridized carbons (Fsp3) is 0.364.